The number of furan rings is 1. The van der Waals surface area contributed by atoms with E-state index in [1.54, 1.807) is 24.3 Å². The Labute approximate surface area is 155 Å². The number of nitrogens with zero attached hydrogens (tertiary/aromatic N) is 2. The number of amides is 2. The second kappa shape index (κ2) is 7.94. The van der Waals surface area contributed by atoms with Gasteiger partial charge in [-0.1, -0.05) is 29.4 Å². The first-order chi connectivity index (χ1) is 13.3. The quantitative estimate of drug-likeness (QED) is 0.643. The van der Waals surface area contributed by atoms with Gasteiger partial charge in [-0.25, -0.2) is 0 Å². The highest BCUT2D eigenvalue weighted by Gasteiger charge is 2.38. The molecule has 3 aromatic rings. The molecule has 1 aromatic carbocycles. The van der Waals surface area contributed by atoms with Crippen LogP contribution in [-0.2, 0) is 28.9 Å². The van der Waals surface area contributed by atoms with Gasteiger partial charge in [0.05, 0.1) is 12.8 Å². The number of nitrogens with one attached hydrogen (secondary N) is 2. The molecule has 0 bridgehead atoms. The molecule has 2 N–H and O–H groups in total. The molecule has 0 unspecified atom stereocenters. The number of carbonyl (C=O) groups is 2. The van der Waals surface area contributed by atoms with Gasteiger partial charge in [0.15, 0.2) is 0 Å². The second-order valence-electron chi connectivity index (χ2n) is 5.56. The predicted octanol–water partition coefficient (Wildman–Crippen LogP) is 2.28. The van der Waals surface area contributed by atoms with E-state index in [4.69, 9.17) is 4.42 Å². The fraction of sp³-hybridized carbons (Fsp3) is 0.176. The Morgan fingerprint density at radius 3 is 2.25 bits per heavy atom. The van der Waals surface area contributed by atoms with Gasteiger partial charge in [-0.3, -0.25) is 9.59 Å². The van der Waals surface area contributed by atoms with E-state index in [2.05, 4.69) is 25.3 Å². The van der Waals surface area contributed by atoms with Crippen molar-refractivity contribution in [2.45, 2.75) is 19.3 Å². The van der Waals surface area contributed by atoms with Gasteiger partial charge >= 0.3 is 23.9 Å². The van der Waals surface area contributed by atoms with E-state index >= 15 is 0 Å². The third-order valence-corrected chi connectivity index (χ3v) is 3.54. The van der Waals surface area contributed by atoms with Gasteiger partial charge in [0.1, 0.15) is 5.76 Å². The second-order valence-corrected chi connectivity index (χ2v) is 5.56. The lowest BCUT2D eigenvalue weighted by Crippen LogP contribution is -2.39. The summed E-state index contributed by atoms with van der Waals surface area (Å²) in [6.45, 7) is 0.131. The third-order valence-electron chi connectivity index (χ3n) is 3.54. The van der Waals surface area contributed by atoms with Crippen molar-refractivity contribution in [2.75, 3.05) is 0 Å². The van der Waals surface area contributed by atoms with E-state index in [1.807, 2.05) is 0 Å². The summed E-state index contributed by atoms with van der Waals surface area (Å²) in [5, 5.41) is 8.12. The molecule has 28 heavy (non-hydrogen) atoms. The Hall–Kier alpha value is -3.63. The minimum atomic E-state index is -4.72. The number of alkyl halides is 3. The number of hydrogen-bond donors (Lipinski definition) is 2. The van der Waals surface area contributed by atoms with Crippen LogP contribution in [0.3, 0.4) is 0 Å². The first-order valence-electron chi connectivity index (χ1n) is 7.91. The fourth-order valence-electron chi connectivity index (χ4n) is 2.15. The molecule has 0 aliphatic rings. The average molecular weight is 394 g/mol. The monoisotopic (exact) mass is 394 g/mol. The largest absolute Gasteiger partial charge is 0.471 e. The smallest absolute Gasteiger partial charge is 0.467 e. The molecule has 0 saturated heterocycles. The summed E-state index contributed by atoms with van der Waals surface area (Å²) < 4.78 is 46.7. The van der Waals surface area contributed by atoms with E-state index in [0.717, 1.165) is 0 Å². The lowest BCUT2D eigenvalue weighted by molar-refractivity contribution is -0.159. The maximum absolute atomic E-state index is 12.5. The number of halogens is 3. The van der Waals surface area contributed by atoms with Crippen molar-refractivity contribution in [1.82, 2.24) is 20.8 Å². The van der Waals surface area contributed by atoms with Gasteiger partial charge in [0, 0.05) is 12.1 Å². The van der Waals surface area contributed by atoms with Crippen LogP contribution in [0.1, 0.15) is 17.2 Å². The molecule has 3 rings (SSSR count). The molecule has 2 heterocycles. The van der Waals surface area contributed by atoms with Crippen LogP contribution in [0.15, 0.2) is 51.6 Å². The van der Waals surface area contributed by atoms with Gasteiger partial charge in [-0.05, 0) is 17.7 Å². The average Bonchev–Trinajstić information content (AvgIpc) is 3.36. The van der Waals surface area contributed by atoms with E-state index in [9.17, 15) is 22.8 Å². The molecule has 0 radical (unpaired) electrons. The van der Waals surface area contributed by atoms with Crippen LogP contribution < -0.4 is 10.6 Å². The van der Waals surface area contributed by atoms with Gasteiger partial charge in [0.2, 0.25) is 5.82 Å². The van der Waals surface area contributed by atoms with Crippen molar-refractivity contribution in [1.29, 1.82) is 0 Å². The van der Waals surface area contributed by atoms with Crippen LogP contribution in [0.4, 0.5) is 13.2 Å². The summed E-state index contributed by atoms with van der Waals surface area (Å²) >= 11 is 0. The molecule has 146 valence electrons. The summed E-state index contributed by atoms with van der Waals surface area (Å²) in [6, 6.07) is 9.37. The molecule has 0 aliphatic carbocycles. The van der Waals surface area contributed by atoms with Crippen LogP contribution in [0, 0.1) is 0 Å². The molecule has 0 fully saturated rings. The molecule has 0 aliphatic heterocycles. The Morgan fingerprint density at radius 2 is 1.68 bits per heavy atom. The molecule has 0 atom stereocenters. The molecular weight excluding hydrogens is 381 g/mol. The van der Waals surface area contributed by atoms with Crippen LogP contribution in [0.5, 0.6) is 0 Å². The minimum Gasteiger partial charge on any atom is -0.467 e. The first kappa shape index (κ1) is 19.1. The van der Waals surface area contributed by atoms with Crippen LogP contribution in [0.25, 0.3) is 11.4 Å². The minimum absolute atomic E-state index is 0.0489. The maximum Gasteiger partial charge on any atom is 0.471 e. The summed E-state index contributed by atoms with van der Waals surface area (Å²) in [7, 11) is 0. The zero-order valence-corrected chi connectivity index (χ0v) is 14.1. The first-order valence-corrected chi connectivity index (χ1v) is 7.91. The number of hydrogen-bond acceptors (Lipinski definition) is 6. The SMILES string of the molecule is O=C(NCc1ccc(-c2noc(C(F)(F)F)n2)cc1)C(=O)NCc1ccco1. The Balaban J connectivity index is 1.52. The third kappa shape index (κ3) is 4.75. The molecule has 8 nitrogen and oxygen atoms in total. The zero-order valence-electron chi connectivity index (χ0n) is 14.1. The van der Waals surface area contributed by atoms with E-state index < -0.39 is 23.9 Å². The highest BCUT2D eigenvalue weighted by Crippen LogP contribution is 2.29. The van der Waals surface area contributed by atoms with Gasteiger partial charge < -0.3 is 19.6 Å². The lowest BCUT2D eigenvalue weighted by Gasteiger charge is -2.06. The van der Waals surface area contributed by atoms with Crippen molar-refractivity contribution >= 4 is 11.8 Å². The Kier molecular flexibility index (Phi) is 5.43. The molecule has 0 saturated carbocycles. The summed E-state index contributed by atoms with van der Waals surface area (Å²) in [6.07, 6.45) is -3.27. The predicted molar refractivity (Wildman–Crippen MR) is 87.1 cm³/mol. The van der Waals surface area contributed by atoms with Crippen molar-refractivity contribution in [3.63, 3.8) is 0 Å². The molecule has 2 amide bonds. The van der Waals surface area contributed by atoms with Crippen molar-refractivity contribution in [3.8, 4) is 11.4 Å². The number of benzene rings is 1. The van der Waals surface area contributed by atoms with Gasteiger partial charge in [-0.2, -0.15) is 18.2 Å². The van der Waals surface area contributed by atoms with E-state index in [0.29, 0.717) is 16.9 Å². The molecule has 0 spiro atoms. The highest BCUT2D eigenvalue weighted by molar-refractivity contribution is 6.35. The Morgan fingerprint density at radius 1 is 1.00 bits per heavy atom. The van der Waals surface area contributed by atoms with Crippen LogP contribution in [0.2, 0.25) is 0 Å². The summed E-state index contributed by atoms with van der Waals surface area (Å²) in [5.74, 6) is -2.78. The van der Waals surface area contributed by atoms with Gasteiger partial charge in [-0.15, -0.1) is 0 Å². The summed E-state index contributed by atoms with van der Waals surface area (Å²) in [5.41, 5.74) is 0.931. The topological polar surface area (TPSA) is 110 Å². The van der Waals surface area contributed by atoms with Gasteiger partial charge in [0.25, 0.3) is 0 Å². The molecule has 2 aromatic heterocycles. The maximum atomic E-state index is 12.5. The lowest BCUT2D eigenvalue weighted by atomic mass is 10.1. The number of rotatable bonds is 5. The number of carbonyl (C=O) groups excluding carboxylic acids is 2. The summed E-state index contributed by atoms with van der Waals surface area (Å²) in [4.78, 5) is 26.8. The van der Waals surface area contributed by atoms with E-state index in [-0.39, 0.29) is 18.9 Å². The highest BCUT2D eigenvalue weighted by atomic mass is 19.4. The number of aromatic nitrogens is 2. The normalized spacial score (nSPS) is 11.2. The fourth-order valence-corrected chi connectivity index (χ4v) is 2.15. The molecular formula is C17H13F3N4O4. The zero-order chi connectivity index (χ0) is 20.1. The van der Waals surface area contributed by atoms with Crippen molar-refractivity contribution in [3.05, 3.63) is 59.9 Å². The van der Waals surface area contributed by atoms with Crippen LogP contribution >= 0.6 is 0 Å². The standard InChI is InChI=1S/C17H13F3N4O4/c18-17(19,20)16-23-13(24-28-16)11-5-3-10(4-6-11)8-21-14(25)15(26)22-9-12-2-1-7-27-12/h1-7H,8-9H2,(H,21,25)(H,22,26). The van der Waals surface area contributed by atoms with Crippen molar-refractivity contribution < 1.29 is 31.7 Å². The Bertz CT molecular complexity index is 950. The molecule has 11 heteroatoms. The van der Waals surface area contributed by atoms with Crippen LogP contribution in [-0.4, -0.2) is 22.0 Å². The van der Waals surface area contributed by atoms with E-state index in [1.165, 1.54) is 18.4 Å². The van der Waals surface area contributed by atoms with Crippen molar-refractivity contribution in [2.24, 2.45) is 0 Å².